The molecule has 1 aromatic heterocycles. The SMILES string of the molecule is CCOC1CC(O)(c2ccc3[nH]ccc3c2)C1. The second-order valence-corrected chi connectivity index (χ2v) is 4.80. The van der Waals surface area contributed by atoms with E-state index in [-0.39, 0.29) is 6.10 Å². The summed E-state index contributed by atoms with van der Waals surface area (Å²) in [6, 6.07) is 8.12. The van der Waals surface area contributed by atoms with Gasteiger partial charge >= 0.3 is 0 Å². The van der Waals surface area contributed by atoms with Gasteiger partial charge in [0.05, 0.1) is 11.7 Å². The molecular weight excluding hydrogens is 214 g/mol. The van der Waals surface area contributed by atoms with E-state index in [1.54, 1.807) is 0 Å². The highest BCUT2D eigenvalue weighted by Gasteiger charge is 2.44. The van der Waals surface area contributed by atoms with E-state index in [1.807, 2.05) is 31.3 Å². The standard InChI is InChI=1S/C14H17NO2/c1-2-17-12-8-14(16,9-12)11-3-4-13-10(7-11)5-6-15-13/h3-7,12,15-16H,2,8-9H2,1H3. The number of H-pyrrole nitrogens is 1. The maximum absolute atomic E-state index is 10.5. The van der Waals surface area contributed by atoms with Crippen molar-refractivity contribution in [2.45, 2.75) is 31.5 Å². The number of hydrogen-bond acceptors (Lipinski definition) is 2. The molecule has 0 spiro atoms. The van der Waals surface area contributed by atoms with Gasteiger partial charge in [-0.05, 0) is 36.1 Å². The fraction of sp³-hybridized carbons (Fsp3) is 0.429. The Morgan fingerprint density at radius 1 is 1.41 bits per heavy atom. The molecule has 1 saturated carbocycles. The van der Waals surface area contributed by atoms with Gasteiger partial charge in [0.15, 0.2) is 0 Å². The van der Waals surface area contributed by atoms with E-state index in [1.165, 1.54) is 0 Å². The zero-order valence-corrected chi connectivity index (χ0v) is 9.94. The maximum Gasteiger partial charge on any atom is 0.0946 e. The first kappa shape index (κ1) is 10.8. The molecule has 2 N–H and O–H groups in total. The van der Waals surface area contributed by atoms with Crippen molar-refractivity contribution in [3.63, 3.8) is 0 Å². The van der Waals surface area contributed by atoms with Crippen molar-refractivity contribution in [3.8, 4) is 0 Å². The molecule has 0 bridgehead atoms. The molecule has 0 saturated heterocycles. The molecule has 0 aliphatic heterocycles. The van der Waals surface area contributed by atoms with Crippen LogP contribution in [-0.2, 0) is 10.3 Å². The third-order valence-corrected chi connectivity index (χ3v) is 3.62. The Bertz CT molecular complexity index is 526. The lowest BCUT2D eigenvalue weighted by Gasteiger charge is -2.43. The first-order valence-corrected chi connectivity index (χ1v) is 6.13. The number of aromatic nitrogens is 1. The number of ether oxygens (including phenoxy) is 1. The van der Waals surface area contributed by atoms with Crippen LogP contribution < -0.4 is 0 Å². The van der Waals surface area contributed by atoms with Gasteiger partial charge in [0.1, 0.15) is 0 Å². The van der Waals surface area contributed by atoms with Gasteiger partial charge in [0.2, 0.25) is 0 Å². The molecule has 90 valence electrons. The minimum atomic E-state index is -0.689. The molecule has 1 aliphatic rings. The van der Waals surface area contributed by atoms with Gasteiger partial charge < -0.3 is 14.8 Å². The van der Waals surface area contributed by atoms with E-state index in [2.05, 4.69) is 11.1 Å². The minimum absolute atomic E-state index is 0.215. The van der Waals surface area contributed by atoms with Crippen LogP contribution in [0, 0.1) is 0 Å². The zero-order valence-electron chi connectivity index (χ0n) is 9.94. The lowest BCUT2D eigenvalue weighted by Crippen LogP contribution is -2.45. The van der Waals surface area contributed by atoms with E-state index < -0.39 is 5.60 Å². The van der Waals surface area contributed by atoms with Crippen LogP contribution in [0.15, 0.2) is 30.5 Å². The molecule has 1 aromatic carbocycles. The van der Waals surface area contributed by atoms with Crippen LogP contribution >= 0.6 is 0 Å². The summed E-state index contributed by atoms with van der Waals surface area (Å²) in [5, 5.41) is 11.6. The molecule has 3 heteroatoms. The number of rotatable bonds is 3. The summed E-state index contributed by atoms with van der Waals surface area (Å²) < 4.78 is 5.50. The summed E-state index contributed by atoms with van der Waals surface area (Å²) in [5.41, 5.74) is 1.42. The first-order valence-electron chi connectivity index (χ1n) is 6.13. The summed E-state index contributed by atoms with van der Waals surface area (Å²) in [6.45, 7) is 2.71. The highest BCUT2D eigenvalue weighted by atomic mass is 16.5. The lowest BCUT2D eigenvalue weighted by atomic mass is 9.72. The number of benzene rings is 1. The van der Waals surface area contributed by atoms with Crippen LogP contribution in [0.5, 0.6) is 0 Å². The largest absolute Gasteiger partial charge is 0.385 e. The third-order valence-electron chi connectivity index (χ3n) is 3.62. The number of fused-ring (bicyclic) bond motifs is 1. The smallest absolute Gasteiger partial charge is 0.0946 e. The van der Waals surface area contributed by atoms with Crippen molar-refractivity contribution in [2.24, 2.45) is 0 Å². The summed E-state index contributed by atoms with van der Waals surface area (Å²) in [7, 11) is 0. The van der Waals surface area contributed by atoms with Crippen molar-refractivity contribution < 1.29 is 9.84 Å². The van der Waals surface area contributed by atoms with Crippen LogP contribution in [0.3, 0.4) is 0 Å². The van der Waals surface area contributed by atoms with Crippen LogP contribution in [-0.4, -0.2) is 22.8 Å². The summed E-state index contributed by atoms with van der Waals surface area (Å²) in [4.78, 5) is 3.16. The predicted molar refractivity (Wildman–Crippen MR) is 66.8 cm³/mol. The second-order valence-electron chi connectivity index (χ2n) is 4.80. The van der Waals surface area contributed by atoms with Crippen molar-refractivity contribution >= 4 is 10.9 Å². The zero-order chi connectivity index (χ0) is 11.9. The molecule has 1 aliphatic carbocycles. The van der Waals surface area contributed by atoms with Gasteiger partial charge in [0.25, 0.3) is 0 Å². The van der Waals surface area contributed by atoms with Crippen LogP contribution in [0.2, 0.25) is 0 Å². The lowest BCUT2D eigenvalue weighted by molar-refractivity contribution is -0.142. The molecule has 2 aromatic rings. The van der Waals surface area contributed by atoms with Gasteiger partial charge in [0, 0.05) is 31.2 Å². The topological polar surface area (TPSA) is 45.2 Å². The fourth-order valence-corrected chi connectivity index (χ4v) is 2.63. The molecule has 1 fully saturated rings. The van der Waals surface area contributed by atoms with Crippen molar-refractivity contribution in [2.75, 3.05) is 6.61 Å². The molecular formula is C14H17NO2. The highest BCUT2D eigenvalue weighted by molar-refractivity contribution is 5.80. The minimum Gasteiger partial charge on any atom is -0.385 e. The quantitative estimate of drug-likeness (QED) is 0.852. The summed E-state index contributed by atoms with van der Waals surface area (Å²) in [5.74, 6) is 0. The van der Waals surface area contributed by atoms with E-state index in [0.29, 0.717) is 12.8 Å². The average molecular weight is 231 g/mol. The number of hydrogen-bond donors (Lipinski definition) is 2. The molecule has 3 nitrogen and oxygen atoms in total. The Morgan fingerprint density at radius 2 is 2.24 bits per heavy atom. The molecule has 0 radical (unpaired) electrons. The van der Waals surface area contributed by atoms with Gasteiger partial charge in [-0.3, -0.25) is 0 Å². The Morgan fingerprint density at radius 3 is 3.00 bits per heavy atom. The fourth-order valence-electron chi connectivity index (χ4n) is 2.63. The Hall–Kier alpha value is -1.32. The Balaban J connectivity index is 1.84. The maximum atomic E-state index is 10.5. The van der Waals surface area contributed by atoms with Gasteiger partial charge in [-0.1, -0.05) is 6.07 Å². The second kappa shape index (κ2) is 3.86. The van der Waals surface area contributed by atoms with Crippen molar-refractivity contribution in [3.05, 3.63) is 36.0 Å². The van der Waals surface area contributed by atoms with Gasteiger partial charge in [-0.2, -0.15) is 0 Å². The van der Waals surface area contributed by atoms with E-state index in [9.17, 15) is 5.11 Å². The van der Waals surface area contributed by atoms with Gasteiger partial charge in [-0.15, -0.1) is 0 Å². The van der Waals surface area contributed by atoms with Crippen LogP contribution in [0.25, 0.3) is 10.9 Å². The molecule has 17 heavy (non-hydrogen) atoms. The Kier molecular flexibility index (Phi) is 2.45. The van der Waals surface area contributed by atoms with E-state index in [0.717, 1.165) is 23.1 Å². The van der Waals surface area contributed by atoms with Crippen LogP contribution in [0.1, 0.15) is 25.3 Å². The van der Waals surface area contributed by atoms with Crippen molar-refractivity contribution in [1.82, 2.24) is 4.98 Å². The molecule has 3 rings (SSSR count). The van der Waals surface area contributed by atoms with E-state index >= 15 is 0 Å². The molecule has 1 heterocycles. The van der Waals surface area contributed by atoms with Crippen LogP contribution in [0.4, 0.5) is 0 Å². The monoisotopic (exact) mass is 231 g/mol. The highest BCUT2D eigenvalue weighted by Crippen LogP contribution is 2.43. The number of nitrogens with one attached hydrogen (secondary N) is 1. The molecule has 0 amide bonds. The normalized spacial score (nSPS) is 28.2. The third kappa shape index (κ3) is 1.75. The van der Waals surface area contributed by atoms with Gasteiger partial charge in [-0.25, -0.2) is 0 Å². The first-order chi connectivity index (χ1) is 8.21. The number of aliphatic hydroxyl groups is 1. The summed E-state index contributed by atoms with van der Waals surface area (Å²) in [6.07, 6.45) is 3.54. The number of aromatic amines is 1. The Labute approximate surface area is 100 Å². The summed E-state index contributed by atoms with van der Waals surface area (Å²) >= 11 is 0. The predicted octanol–water partition coefficient (Wildman–Crippen LogP) is 2.55. The molecule has 0 atom stereocenters. The van der Waals surface area contributed by atoms with Crippen molar-refractivity contribution in [1.29, 1.82) is 0 Å². The molecule has 0 unspecified atom stereocenters. The average Bonchev–Trinajstić information content (AvgIpc) is 2.73. The van der Waals surface area contributed by atoms with E-state index in [4.69, 9.17) is 4.74 Å².